The molecule has 0 spiro atoms. The summed E-state index contributed by atoms with van der Waals surface area (Å²) in [6, 6.07) is 21.9. The van der Waals surface area contributed by atoms with Crippen LogP contribution in [0.3, 0.4) is 0 Å². The molecule has 6 nitrogen and oxygen atoms in total. The molecule has 2 aromatic carbocycles. The van der Waals surface area contributed by atoms with Crippen LogP contribution in [0.1, 0.15) is 21.6 Å². The number of rotatable bonds is 6. The second-order valence-electron chi connectivity index (χ2n) is 8.73. The molecule has 1 aliphatic heterocycles. The summed E-state index contributed by atoms with van der Waals surface area (Å²) >= 11 is 0. The first-order valence-electron chi connectivity index (χ1n) is 11.8. The predicted octanol–water partition coefficient (Wildman–Crippen LogP) is 4.56. The van der Waals surface area contributed by atoms with Gasteiger partial charge < -0.3 is 10.2 Å². The minimum Gasteiger partial charge on any atom is -0.367 e. The van der Waals surface area contributed by atoms with Crippen molar-refractivity contribution in [2.24, 2.45) is 0 Å². The lowest BCUT2D eigenvalue weighted by molar-refractivity contribution is 0.102. The molecular weight excluding hydrogens is 422 g/mol. The third kappa shape index (κ3) is 4.92. The minimum absolute atomic E-state index is 0.106. The summed E-state index contributed by atoms with van der Waals surface area (Å²) in [7, 11) is 0. The Bertz CT molecular complexity index is 1280. The van der Waals surface area contributed by atoms with Gasteiger partial charge in [-0.2, -0.15) is 0 Å². The lowest BCUT2D eigenvalue weighted by Crippen LogP contribution is -2.47. The molecule has 4 aromatic rings. The topological polar surface area (TPSA) is 61.4 Å². The van der Waals surface area contributed by atoms with E-state index < -0.39 is 0 Å². The fourth-order valence-corrected chi connectivity index (χ4v) is 4.59. The van der Waals surface area contributed by atoms with E-state index in [1.165, 1.54) is 5.56 Å². The van der Waals surface area contributed by atoms with Crippen LogP contribution >= 0.6 is 0 Å². The van der Waals surface area contributed by atoms with Gasteiger partial charge in [-0.1, -0.05) is 30.3 Å². The number of piperazine rings is 1. The highest BCUT2D eigenvalue weighted by atomic mass is 16.1. The maximum atomic E-state index is 13.3. The van der Waals surface area contributed by atoms with Crippen molar-refractivity contribution in [1.82, 2.24) is 14.9 Å². The zero-order chi connectivity index (χ0) is 23.3. The number of anilines is 2. The predicted molar refractivity (Wildman–Crippen MR) is 137 cm³/mol. The number of pyridine rings is 2. The van der Waals surface area contributed by atoms with Crippen molar-refractivity contribution in [2.75, 3.05) is 42.9 Å². The molecule has 3 heterocycles. The molecule has 1 aliphatic rings. The molecular formula is C28H29N5O. The summed E-state index contributed by atoms with van der Waals surface area (Å²) in [6.45, 7) is 6.83. The van der Waals surface area contributed by atoms with Gasteiger partial charge in [-0.25, -0.2) is 0 Å². The highest BCUT2D eigenvalue weighted by molar-refractivity contribution is 6.13. The average molecular weight is 452 g/mol. The first-order chi connectivity index (χ1) is 16.7. The number of fused-ring (bicyclic) bond motifs is 1. The number of carbonyl (C=O) groups excluding carboxylic acids is 1. The first kappa shape index (κ1) is 22.0. The fraction of sp³-hybridized carbons (Fsp3) is 0.250. The van der Waals surface area contributed by atoms with E-state index in [0.29, 0.717) is 5.56 Å². The van der Waals surface area contributed by atoms with Crippen molar-refractivity contribution in [3.63, 3.8) is 0 Å². The van der Waals surface area contributed by atoms with E-state index in [4.69, 9.17) is 0 Å². The Kier molecular flexibility index (Phi) is 6.49. The molecule has 0 atom stereocenters. The Balaban J connectivity index is 1.27. The minimum atomic E-state index is -0.106. The zero-order valence-corrected chi connectivity index (χ0v) is 19.4. The van der Waals surface area contributed by atoms with Crippen molar-refractivity contribution in [2.45, 2.75) is 13.3 Å². The summed E-state index contributed by atoms with van der Waals surface area (Å²) < 4.78 is 0. The van der Waals surface area contributed by atoms with Crippen molar-refractivity contribution in [1.29, 1.82) is 0 Å². The van der Waals surface area contributed by atoms with E-state index in [0.717, 1.165) is 67.1 Å². The molecule has 0 unspecified atom stereocenters. The first-order valence-corrected chi connectivity index (χ1v) is 11.8. The Morgan fingerprint density at radius 3 is 2.50 bits per heavy atom. The van der Waals surface area contributed by atoms with Crippen LogP contribution in [-0.2, 0) is 6.42 Å². The molecule has 34 heavy (non-hydrogen) atoms. The number of nitrogens with zero attached hydrogens (tertiary/aromatic N) is 4. The van der Waals surface area contributed by atoms with Crippen LogP contribution in [0.25, 0.3) is 10.9 Å². The number of benzene rings is 2. The van der Waals surface area contributed by atoms with Crippen molar-refractivity contribution < 1.29 is 4.79 Å². The molecule has 1 fully saturated rings. The normalized spacial score (nSPS) is 14.3. The van der Waals surface area contributed by atoms with Gasteiger partial charge in [0.2, 0.25) is 0 Å². The number of aryl methyl sites for hydroxylation is 1. The molecule has 0 bridgehead atoms. The Labute approximate surface area is 200 Å². The van der Waals surface area contributed by atoms with E-state index in [1.807, 2.05) is 67.8 Å². The molecule has 0 aliphatic carbocycles. The van der Waals surface area contributed by atoms with E-state index in [1.54, 1.807) is 0 Å². The Hall–Kier alpha value is -3.77. The van der Waals surface area contributed by atoms with E-state index >= 15 is 0 Å². The van der Waals surface area contributed by atoms with Crippen molar-refractivity contribution >= 4 is 28.2 Å². The number of carbonyl (C=O) groups is 1. The molecule has 1 saturated heterocycles. The quantitative estimate of drug-likeness (QED) is 0.466. The molecule has 172 valence electrons. The van der Waals surface area contributed by atoms with Crippen LogP contribution in [0, 0.1) is 6.92 Å². The van der Waals surface area contributed by atoms with E-state index in [2.05, 4.69) is 43.3 Å². The van der Waals surface area contributed by atoms with Gasteiger partial charge in [0, 0.05) is 56.2 Å². The van der Waals surface area contributed by atoms with Crippen molar-refractivity contribution in [3.8, 4) is 0 Å². The van der Waals surface area contributed by atoms with Gasteiger partial charge >= 0.3 is 0 Å². The van der Waals surface area contributed by atoms with Gasteiger partial charge in [0.25, 0.3) is 5.91 Å². The molecule has 2 aromatic heterocycles. The fourth-order valence-electron chi connectivity index (χ4n) is 4.59. The smallest absolute Gasteiger partial charge is 0.256 e. The number of hydrogen-bond acceptors (Lipinski definition) is 5. The van der Waals surface area contributed by atoms with Crippen LogP contribution in [-0.4, -0.2) is 53.5 Å². The summed E-state index contributed by atoms with van der Waals surface area (Å²) in [5, 5.41) is 4.04. The maximum absolute atomic E-state index is 13.3. The molecule has 1 N–H and O–H groups in total. The van der Waals surface area contributed by atoms with Crippen LogP contribution in [0.5, 0.6) is 0 Å². The standard InChI is InChI=1S/C28H29N5O/c1-21-20-24(23-6-2-3-7-25(23)30-21)28(34)31-26-8-4-5-9-27(26)33-18-16-32(17-19-33)15-12-22-10-13-29-14-11-22/h2-11,13-14,20H,12,15-19H2,1H3,(H,31,34). The van der Waals surface area contributed by atoms with Gasteiger partial charge in [0.15, 0.2) is 0 Å². The second kappa shape index (κ2) is 10.0. The lowest BCUT2D eigenvalue weighted by atomic mass is 10.1. The summed E-state index contributed by atoms with van der Waals surface area (Å²) in [5.74, 6) is -0.106. The van der Waals surface area contributed by atoms with Gasteiger partial charge in [-0.15, -0.1) is 0 Å². The van der Waals surface area contributed by atoms with Gasteiger partial charge in [-0.3, -0.25) is 19.7 Å². The van der Waals surface area contributed by atoms with Gasteiger partial charge in [-0.05, 0) is 55.3 Å². The third-order valence-corrected chi connectivity index (χ3v) is 6.42. The van der Waals surface area contributed by atoms with Gasteiger partial charge in [0.1, 0.15) is 0 Å². The summed E-state index contributed by atoms with van der Waals surface area (Å²) in [6.07, 6.45) is 4.75. The Morgan fingerprint density at radius 1 is 0.941 bits per heavy atom. The number of para-hydroxylation sites is 3. The Morgan fingerprint density at radius 2 is 1.68 bits per heavy atom. The maximum Gasteiger partial charge on any atom is 0.256 e. The zero-order valence-electron chi connectivity index (χ0n) is 19.4. The number of hydrogen-bond donors (Lipinski definition) is 1. The van der Waals surface area contributed by atoms with Crippen LogP contribution in [0.2, 0.25) is 0 Å². The third-order valence-electron chi connectivity index (χ3n) is 6.42. The molecule has 1 amide bonds. The molecule has 6 heteroatoms. The SMILES string of the molecule is Cc1cc(C(=O)Nc2ccccc2N2CCN(CCc3ccncc3)CC2)c2ccccc2n1. The average Bonchev–Trinajstić information content (AvgIpc) is 2.88. The number of nitrogens with one attached hydrogen (secondary N) is 1. The summed E-state index contributed by atoms with van der Waals surface area (Å²) in [4.78, 5) is 26.9. The summed E-state index contributed by atoms with van der Waals surface area (Å²) in [5.41, 5.74) is 5.56. The molecule has 0 radical (unpaired) electrons. The lowest BCUT2D eigenvalue weighted by Gasteiger charge is -2.37. The monoisotopic (exact) mass is 451 g/mol. The number of aromatic nitrogens is 2. The van der Waals surface area contributed by atoms with Gasteiger partial charge in [0.05, 0.1) is 22.5 Å². The van der Waals surface area contributed by atoms with E-state index in [-0.39, 0.29) is 5.91 Å². The largest absolute Gasteiger partial charge is 0.367 e. The van der Waals surface area contributed by atoms with Crippen molar-refractivity contribution in [3.05, 3.63) is 95.9 Å². The van der Waals surface area contributed by atoms with Crippen LogP contribution < -0.4 is 10.2 Å². The molecule has 5 rings (SSSR count). The van der Waals surface area contributed by atoms with Crippen LogP contribution in [0.15, 0.2) is 79.1 Å². The second-order valence-corrected chi connectivity index (χ2v) is 8.73. The van der Waals surface area contributed by atoms with Crippen LogP contribution in [0.4, 0.5) is 11.4 Å². The molecule has 0 saturated carbocycles. The number of amides is 1. The highest BCUT2D eigenvalue weighted by Gasteiger charge is 2.20. The van der Waals surface area contributed by atoms with E-state index in [9.17, 15) is 4.79 Å². The highest BCUT2D eigenvalue weighted by Crippen LogP contribution is 2.28.